The van der Waals surface area contributed by atoms with E-state index in [1.165, 1.54) is 25.7 Å². The van der Waals surface area contributed by atoms with Gasteiger partial charge in [0, 0.05) is 38.1 Å². The summed E-state index contributed by atoms with van der Waals surface area (Å²) in [4.78, 5) is 13.8. The van der Waals surface area contributed by atoms with Crippen molar-refractivity contribution in [2.45, 2.75) is 57.0 Å². The molecule has 2 fully saturated rings. The van der Waals surface area contributed by atoms with E-state index in [1.54, 1.807) is 0 Å². The molecule has 0 spiro atoms. The maximum Gasteiger partial charge on any atom is 0.223 e. The summed E-state index contributed by atoms with van der Waals surface area (Å²) in [6.45, 7) is 2.77. The van der Waals surface area contributed by atoms with Gasteiger partial charge in [-0.15, -0.1) is 0 Å². The van der Waals surface area contributed by atoms with Crippen LogP contribution in [0.15, 0.2) is 0 Å². The van der Waals surface area contributed by atoms with Crippen LogP contribution in [0.25, 0.3) is 0 Å². The van der Waals surface area contributed by atoms with E-state index in [4.69, 9.17) is 5.73 Å². The van der Waals surface area contributed by atoms with Crippen LogP contribution >= 0.6 is 0 Å². The lowest BCUT2D eigenvalue weighted by atomic mass is 9.92. The Morgan fingerprint density at radius 1 is 1.18 bits per heavy atom. The van der Waals surface area contributed by atoms with Gasteiger partial charge < -0.3 is 16.0 Å². The first kappa shape index (κ1) is 12.8. The summed E-state index contributed by atoms with van der Waals surface area (Å²) < 4.78 is 0. The largest absolute Gasteiger partial charge is 0.343 e. The van der Waals surface area contributed by atoms with Crippen molar-refractivity contribution in [2.75, 3.05) is 19.6 Å². The third-order valence-electron chi connectivity index (χ3n) is 4.00. The Kier molecular flexibility index (Phi) is 4.80. The Labute approximate surface area is 104 Å². The van der Waals surface area contributed by atoms with Gasteiger partial charge in [-0.3, -0.25) is 4.79 Å². The standard InChI is InChI=1S/C13H25N3O/c14-11-3-5-12(6-4-11)15-8-7-13(17)16-9-1-2-10-16/h11-12,15H,1-10,14H2. The molecule has 0 aromatic carbocycles. The molecule has 0 bridgehead atoms. The van der Waals surface area contributed by atoms with Crippen molar-refractivity contribution < 1.29 is 4.79 Å². The second kappa shape index (κ2) is 6.36. The summed E-state index contributed by atoms with van der Waals surface area (Å²) in [6, 6.07) is 0.987. The summed E-state index contributed by atoms with van der Waals surface area (Å²) in [7, 11) is 0. The number of nitrogens with one attached hydrogen (secondary N) is 1. The summed E-state index contributed by atoms with van der Waals surface area (Å²) in [5, 5.41) is 3.49. The fourth-order valence-electron chi connectivity index (χ4n) is 2.83. The third-order valence-corrected chi connectivity index (χ3v) is 4.00. The van der Waals surface area contributed by atoms with E-state index < -0.39 is 0 Å². The van der Waals surface area contributed by atoms with Crippen LogP contribution in [0.4, 0.5) is 0 Å². The smallest absolute Gasteiger partial charge is 0.223 e. The topological polar surface area (TPSA) is 58.4 Å². The Hall–Kier alpha value is -0.610. The fourth-order valence-corrected chi connectivity index (χ4v) is 2.83. The monoisotopic (exact) mass is 239 g/mol. The molecule has 1 amide bonds. The first-order valence-corrected chi connectivity index (χ1v) is 7.02. The highest BCUT2D eigenvalue weighted by atomic mass is 16.2. The molecule has 0 atom stereocenters. The summed E-state index contributed by atoms with van der Waals surface area (Å²) in [5.74, 6) is 0.322. The van der Waals surface area contributed by atoms with Crippen molar-refractivity contribution in [3.63, 3.8) is 0 Å². The minimum atomic E-state index is 0.322. The van der Waals surface area contributed by atoms with Gasteiger partial charge in [0.25, 0.3) is 0 Å². The van der Waals surface area contributed by atoms with Crippen molar-refractivity contribution in [3.8, 4) is 0 Å². The number of nitrogens with zero attached hydrogens (tertiary/aromatic N) is 1. The van der Waals surface area contributed by atoms with Gasteiger partial charge in [-0.1, -0.05) is 0 Å². The lowest BCUT2D eigenvalue weighted by molar-refractivity contribution is -0.130. The van der Waals surface area contributed by atoms with Gasteiger partial charge in [-0.2, -0.15) is 0 Å². The Bertz CT molecular complexity index is 243. The predicted octanol–water partition coefficient (Wildman–Crippen LogP) is 0.858. The zero-order valence-electron chi connectivity index (χ0n) is 10.7. The minimum Gasteiger partial charge on any atom is -0.343 e. The Morgan fingerprint density at radius 3 is 2.47 bits per heavy atom. The summed E-state index contributed by atoms with van der Waals surface area (Å²) in [6.07, 6.45) is 7.59. The Morgan fingerprint density at radius 2 is 1.82 bits per heavy atom. The number of hydrogen-bond donors (Lipinski definition) is 2. The zero-order chi connectivity index (χ0) is 12.1. The van der Waals surface area contributed by atoms with Crippen LogP contribution in [-0.4, -0.2) is 42.5 Å². The molecule has 0 unspecified atom stereocenters. The molecule has 4 heteroatoms. The average molecular weight is 239 g/mol. The highest BCUT2D eigenvalue weighted by Gasteiger charge is 2.20. The molecule has 2 rings (SSSR count). The lowest BCUT2D eigenvalue weighted by Crippen LogP contribution is -2.39. The van der Waals surface area contributed by atoms with E-state index in [2.05, 4.69) is 5.32 Å². The second-order valence-corrected chi connectivity index (χ2v) is 5.40. The first-order valence-electron chi connectivity index (χ1n) is 7.02. The van der Waals surface area contributed by atoms with Crippen LogP contribution in [0.1, 0.15) is 44.9 Å². The van der Waals surface area contributed by atoms with E-state index in [0.717, 1.165) is 32.5 Å². The van der Waals surface area contributed by atoms with Crippen LogP contribution < -0.4 is 11.1 Å². The molecule has 1 aliphatic carbocycles. The highest BCUT2D eigenvalue weighted by molar-refractivity contribution is 5.76. The number of likely N-dealkylation sites (tertiary alicyclic amines) is 1. The molecule has 1 heterocycles. The van der Waals surface area contributed by atoms with Crippen LogP contribution in [0.2, 0.25) is 0 Å². The second-order valence-electron chi connectivity index (χ2n) is 5.40. The minimum absolute atomic E-state index is 0.322. The third kappa shape index (κ3) is 3.96. The SMILES string of the molecule is NC1CCC(NCCC(=O)N2CCCC2)CC1. The molecule has 1 aliphatic heterocycles. The number of carbonyl (C=O) groups excluding carboxylic acids is 1. The van der Waals surface area contributed by atoms with Gasteiger partial charge in [0.2, 0.25) is 5.91 Å². The lowest BCUT2D eigenvalue weighted by Gasteiger charge is -2.27. The van der Waals surface area contributed by atoms with Crippen molar-refractivity contribution in [2.24, 2.45) is 5.73 Å². The van der Waals surface area contributed by atoms with E-state index in [-0.39, 0.29) is 0 Å². The van der Waals surface area contributed by atoms with E-state index in [0.29, 0.717) is 24.4 Å². The summed E-state index contributed by atoms with van der Waals surface area (Å²) in [5.41, 5.74) is 5.87. The molecule has 1 saturated carbocycles. The fraction of sp³-hybridized carbons (Fsp3) is 0.923. The maximum atomic E-state index is 11.8. The zero-order valence-corrected chi connectivity index (χ0v) is 10.7. The summed E-state index contributed by atoms with van der Waals surface area (Å²) >= 11 is 0. The molecule has 98 valence electrons. The van der Waals surface area contributed by atoms with Gasteiger partial charge in [0.15, 0.2) is 0 Å². The maximum absolute atomic E-state index is 11.8. The molecule has 0 radical (unpaired) electrons. The molecular formula is C13H25N3O. The van der Waals surface area contributed by atoms with Gasteiger partial charge in [-0.05, 0) is 38.5 Å². The molecule has 2 aliphatic rings. The van der Waals surface area contributed by atoms with Crippen molar-refractivity contribution >= 4 is 5.91 Å². The average Bonchev–Trinajstić information content (AvgIpc) is 2.85. The molecule has 3 N–H and O–H groups in total. The quantitative estimate of drug-likeness (QED) is 0.765. The van der Waals surface area contributed by atoms with E-state index >= 15 is 0 Å². The molecule has 1 saturated heterocycles. The van der Waals surface area contributed by atoms with Crippen LogP contribution in [0.3, 0.4) is 0 Å². The number of amides is 1. The molecule has 4 nitrogen and oxygen atoms in total. The van der Waals surface area contributed by atoms with Gasteiger partial charge in [-0.25, -0.2) is 0 Å². The first-order chi connectivity index (χ1) is 8.25. The normalized spacial score (nSPS) is 29.6. The molecule has 0 aromatic heterocycles. The van der Waals surface area contributed by atoms with Gasteiger partial charge in [0.05, 0.1) is 0 Å². The molecule has 17 heavy (non-hydrogen) atoms. The number of hydrogen-bond acceptors (Lipinski definition) is 3. The number of nitrogens with two attached hydrogens (primary N) is 1. The van der Waals surface area contributed by atoms with E-state index in [9.17, 15) is 4.79 Å². The van der Waals surface area contributed by atoms with Gasteiger partial charge in [0.1, 0.15) is 0 Å². The van der Waals surface area contributed by atoms with Crippen LogP contribution in [0.5, 0.6) is 0 Å². The Balaban J connectivity index is 1.57. The predicted molar refractivity (Wildman–Crippen MR) is 68.7 cm³/mol. The van der Waals surface area contributed by atoms with Crippen LogP contribution in [0, 0.1) is 0 Å². The van der Waals surface area contributed by atoms with Crippen molar-refractivity contribution in [3.05, 3.63) is 0 Å². The number of carbonyl (C=O) groups is 1. The highest BCUT2D eigenvalue weighted by Crippen LogP contribution is 2.16. The van der Waals surface area contributed by atoms with Crippen molar-refractivity contribution in [1.29, 1.82) is 0 Å². The van der Waals surface area contributed by atoms with E-state index in [1.807, 2.05) is 4.90 Å². The van der Waals surface area contributed by atoms with Crippen LogP contribution in [-0.2, 0) is 4.79 Å². The van der Waals surface area contributed by atoms with Gasteiger partial charge >= 0.3 is 0 Å². The molecular weight excluding hydrogens is 214 g/mol. The number of rotatable bonds is 4. The molecule has 0 aromatic rings. The van der Waals surface area contributed by atoms with Crippen molar-refractivity contribution in [1.82, 2.24) is 10.2 Å².